The second-order valence-corrected chi connectivity index (χ2v) is 6.51. The maximum Gasteiger partial charge on any atom is 0.321 e. The van der Waals surface area contributed by atoms with E-state index in [9.17, 15) is 23.7 Å². The van der Waals surface area contributed by atoms with Gasteiger partial charge in [0.1, 0.15) is 5.69 Å². The van der Waals surface area contributed by atoms with Gasteiger partial charge in [-0.25, -0.2) is 4.98 Å². The van der Waals surface area contributed by atoms with Gasteiger partial charge in [0.2, 0.25) is 5.91 Å². The summed E-state index contributed by atoms with van der Waals surface area (Å²) in [6, 6.07) is 12.3. The molecular formula is C17H14F2N4O3S. The van der Waals surface area contributed by atoms with E-state index in [0.29, 0.717) is 11.0 Å². The molecule has 0 saturated heterocycles. The lowest BCUT2D eigenvalue weighted by Gasteiger charge is -2.08. The second kappa shape index (κ2) is 8.12. The van der Waals surface area contributed by atoms with Gasteiger partial charge in [0, 0.05) is 18.2 Å². The van der Waals surface area contributed by atoms with E-state index in [0.717, 1.165) is 16.3 Å². The lowest BCUT2D eigenvalue weighted by atomic mass is 10.2. The number of alkyl halides is 2. The number of hydrogen-bond donors (Lipinski definition) is 1. The number of fused-ring (bicyclic) bond motifs is 1. The minimum Gasteiger partial charge on any atom is -0.320 e. The molecule has 0 atom stereocenters. The van der Waals surface area contributed by atoms with Crippen LogP contribution in [-0.4, -0.2) is 26.1 Å². The summed E-state index contributed by atoms with van der Waals surface area (Å²) >= 11 is 1.03. The van der Waals surface area contributed by atoms with Crippen molar-refractivity contribution in [3.63, 3.8) is 0 Å². The van der Waals surface area contributed by atoms with Crippen LogP contribution in [0.4, 0.5) is 20.2 Å². The number of benzene rings is 2. The van der Waals surface area contributed by atoms with Gasteiger partial charge >= 0.3 is 6.55 Å². The third-order valence-electron chi connectivity index (χ3n) is 3.69. The molecule has 0 aliphatic carbocycles. The minimum absolute atomic E-state index is 0.0108. The largest absolute Gasteiger partial charge is 0.321 e. The summed E-state index contributed by atoms with van der Waals surface area (Å²) in [7, 11) is 0. The zero-order chi connectivity index (χ0) is 19.4. The number of rotatable bonds is 7. The van der Waals surface area contributed by atoms with Crippen LogP contribution in [0.2, 0.25) is 0 Å². The van der Waals surface area contributed by atoms with Gasteiger partial charge in [-0.3, -0.25) is 19.5 Å². The minimum atomic E-state index is -2.75. The number of anilines is 1. The molecule has 1 aromatic heterocycles. The predicted octanol–water partition coefficient (Wildman–Crippen LogP) is 4.46. The molecule has 0 bridgehead atoms. The summed E-state index contributed by atoms with van der Waals surface area (Å²) in [4.78, 5) is 26.6. The fraction of sp³-hybridized carbons (Fsp3) is 0.176. The molecule has 0 spiro atoms. The van der Waals surface area contributed by atoms with Gasteiger partial charge in [-0.2, -0.15) is 8.78 Å². The fourth-order valence-electron chi connectivity index (χ4n) is 2.50. The standard InChI is InChI=1S/C17H14F2N4O3S/c18-16(19)22-13-7-3-1-5-11(13)21-17(22)27-10-9-15(24)20-12-6-2-4-8-14(12)23(25)26/h1-8,16H,9-10H2,(H,20,24). The highest BCUT2D eigenvalue weighted by Gasteiger charge is 2.19. The van der Waals surface area contributed by atoms with Crippen molar-refractivity contribution < 1.29 is 18.5 Å². The molecule has 0 fully saturated rings. The van der Waals surface area contributed by atoms with Crippen molar-refractivity contribution in [3.05, 3.63) is 58.6 Å². The third-order valence-corrected chi connectivity index (χ3v) is 4.65. The number of aromatic nitrogens is 2. The van der Waals surface area contributed by atoms with E-state index in [-0.39, 0.29) is 28.7 Å². The van der Waals surface area contributed by atoms with Crippen molar-refractivity contribution in [3.8, 4) is 0 Å². The smallest absolute Gasteiger partial charge is 0.320 e. The van der Waals surface area contributed by atoms with E-state index < -0.39 is 17.4 Å². The van der Waals surface area contributed by atoms with Gasteiger partial charge < -0.3 is 5.32 Å². The highest BCUT2D eigenvalue weighted by molar-refractivity contribution is 7.99. The lowest BCUT2D eigenvalue weighted by molar-refractivity contribution is -0.383. The molecule has 0 radical (unpaired) electrons. The van der Waals surface area contributed by atoms with Crippen LogP contribution in [0.15, 0.2) is 53.7 Å². The topological polar surface area (TPSA) is 90.1 Å². The van der Waals surface area contributed by atoms with Gasteiger partial charge in [0.25, 0.3) is 5.69 Å². The molecule has 1 N–H and O–H groups in total. The molecule has 0 aliphatic heterocycles. The molecule has 1 amide bonds. The van der Waals surface area contributed by atoms with Crippen LogP contribution in [0.5, 0.6) is 0 Å². The van der Waals surface area contributed by atoms with E-state index in [2.05, 4.69) is 10.3 Å². The number of nitrogens with zero attached hydrogens (tertiary/aromatic N) is 3. The van der Waals surface area contributed by atoms with Crippen LogP contribution in [0.1, 0.15) is 13.0 Å². The maximum absolute atomic E-state index is 13.4. The summed E-state index contributed by atoms with van der Waals surface area (Å²) in [5.74, 6) is -0.251. The Morgan fingerprint density at radius 2 is 1.93 bits per heavy atom. The number of para-hydroxylation sites is 4. The molecule has 10 heteroatoms. The highest BCUT2D eigenvalue weighted by atomic mass is 32.2. The first kappa shape index (κ1) is 18.8. The van der Waals surface area contributed by atoms with Gasteiger partial charge in [-0.05, 0) is 18.2 Å². The van der Waals surface area contributed by atoms with Crippen LogP contribution in [0, 0.1) is 10.1 Å². The molecule has 3 aromatic rings. The Labute approximate surface area is 156 Å². The van der Waals surface area contributed by atoms with E-state index in [1.165, 1.54) is 18.2 Å². The predicted molar refractivity (Wildman–Crippen MR) is 98.1 cm³/mol. The Bertz CT molecular complexity index is 993. The maximum atomic E-state index is 13.4. The molecule has 0 aliphatic rings. The number of nitro benzene ring substituents is 1. The van der Waals surface area contributed by atoms with Crippen LogP contribution in [0.3, 0.4) is 0 Å². The third kappa shape index (κ3) is 4.22. The van der Waals surface area contributed by atoms with Crippen LogP contribution < -0.4 is 5.32 Å². The SMILES string of the molecule is O=C(CCSc1nc2ccccc2n1C(F)F)Nc1ccccc1[N+](=O)[O-]. The summed E-state index contributed by atoms with van der Waals surface area (Å²) in [5, 5.41) is 13.5. The highest BCUT2D eigenvalue weighted by Crippen LogP contribution is 2.29. The Balaban J connectivity index is 1.65. The summed E-state index contributed by atoms with van der Waals surface area (Å²) in [6.07, 6.45) is -0.0108. The van der Waals surface area contributed by atoms with Crippen molar-refractivity contribution >= 4 is 40.1 Å². The van der Waals surface area contributed by atoms with E-state index in [4.69, 9.17) is 0 Å². The number of amides is 1. The molecule has 7 nitrogen and oxygen atoms in total. The quantitative estimate of drug-likeness (QED) is 0.364. The molecule has 3 rings (SSSR count). The van der Waals surface area contributed by atoms with E-state index in [1.54, 1.807) is 30.3 Å². The van der Waals surface area contributed by atoms with Gasteiger partial charge in [-0.1, -0.05) is 36.0 Å². The van der Waals surface area contributed by atoms with E-state index in [1.807, 2.05) is 0 Å². The summed E-state index contributed by atoms with van der Waals surface area (Å²) < 4.78 is 27.5. The Morgan fingerprint density at radius 3 is 2.67 bits per heavy atom. The number of imidazole rings is 1. The Morgan fingerprint density at radius 1 is 1.22 bits per heavy atom. The Kier molecular flexibility index (Phi) is 5.65. The first-order valence-corrected chi connectivity index (χ1v) is 8.87. The monoisotopic (exact) mass is 392 g/mol. The molecule has 0 unspecified atom stereocenters. The van der Waals surface area contributed by atoms with Crippen molar-refractivity contribution in [1.82, 2.24) is 9.55 Å². The number of hydrogen-bond acceptors (Lipinski definition) is 5. The average molecular weight is 392 g/mol. The van der Waals surface area contributed by atoms with Gasteiger partial charge in [-0.15, -0.1) is 0 Å². The molecule has 27 heavy (non-hydrogen) atoms. The molecule has 140 valence electrons. The molecule has 1 heterocycles. The van der Waals surface area contributed by atoms with Crippen molar-refractivity contribution in [2.45, 2.75) is 18.1 Å². The fourth-order valence-corrected chi connectivity index (χ4v) is 3.45. The average Bonchev–Trinajstić information content (AvgIpc) is 3.00. The van der Waals surface area contributed by atoms with Crippen molar-refractivity contribution in [2.24, 2.45) is 0 Å². The molecule has 2 aromatic carbocycles. The van der Waals surface area contributed by atoms with Crippen LogP contribution >= 0.6 is 11.8 Å². The summed E-state index contributed by atoms with van der Waals surface area (Å²) in [6.45, 7) is -2.75. The first-order chi connectivity index (χ1) is 13.0. The van der Waals surface area contributed by atoms with Gasteiger partial charge in [0.15, 0.2) is 5.16 Å². The number of nitrogens with one attached hydrogen (secondary N) is 1. The molecular weight excluding hydrogens is 378 g/mol. The number of thioether (sulfide) groups is 1. The number of carbonyl (C=O) groups is 1. The zero-order valence-electron chi connectivity index (χ0n) is 13.8. The summed E-state index contributed by atoms with van der Waals surface area (Å²) in [5.41, 5.74) is 0.652. The van der Waals surface area contributed by atoms with E-state index >= 15 is 0 Å². The number of nitro groups is 1. The van der Waals surface area contributed by atoms with Crippen molar-refractivity contribution in [1.29, 1.82) is 0 Å². The van der Waals surface area contributed by atoms with Crippen molar-refractivity contribution in [2.75, 3.05) is 11.1 Å². The zero-order valence-corrected chi connectivity index (χ0v) is 14.7. The molecule has 0 saturated carbocycles. The van der Waals surface area contributed by atoms with Crippen LogP contribution in [0.25, 0.3) is 11.0 Å². The Hall–Kier alpha value is -3.01. The van der Waals surface area contributed by atoms with Gasteiger partial charge in [0.05, 0.1) is 16.0 Å². The number of halogens is 2. The normalized spacial score (nSPS) is 11.1. The second-order valence-electron chi connectivity index (χ2n) is 5.45. The number of carbonyl (C=O) groups excluding carboxylic acids is 1. The lowest BCUT2D eigenvalue weighted by Crippen LogP contribution is -2.13. The van der Waals surface area contributed by atoms with Crippen LogP contribution in [-0.2, 0) is 4.79 Å². The first-order valence-electron chi connectivity index (χ1n) is 7.88.